The molecule has 0 saturated carbocycles. The van der Waals surface area contributed by atoms with Crippen LogP contribution in [-0.4, -0.2) is 24.5 Å². The molecule has 4 rings (SSSR count). The van der Waals surface area contributed by atoms with Gasteiger partial charge in [0.05, 0.1) is 30.0 Å². The van der Waals surface area contributed by atoms with Gasteiger partial charge in [0.1, 0.15) is 0 Å². The molecule has 0 unspecified atom stereocenters. The van der Waals surface area contributed by atoms with Crippen molar-refractivity contribution in [2.45, 2.75) is 38.5 Å². The summed E-state index contributed by atoms with van der Waals surface area (Å²) in [6, 6.07) is 16.7. The summed E-state index contributed by atoms with van der Waals surface area (Å²) in [5.41, 5.74) is 3.21. The Labute approximate surface area is 165 Å². The summed E-state index contributed by atoms with van der Waals surface area (Å²) in [5.74, 6) is 0. The van der Waals surface area contributed by atoms with Crippen LogP contribution in [0, 0.1) is 0 Å². The normalized spacial score (nSPS) is 19.5. The summed E-state index contributed by atoms with van der Waals surface area (Å²) < 4.78 is 2.31. The Morgan fingerprint density at radius 2 is 1.81 bits per heavy atom. The van der Waals surface area contributed by atoms with E-state index in [9.17, 15) is 0 Å². The highest BCUT2D eigenvalue weighted by atomic mass is 32.1. The Morgan fingerprint density at radius 1 is 1.04 bits per heavy atom. The topological polar surface area (TPSA) is 46.0 Å². The monoisotopic (exact) mass is 377 g/mol. The summed E-state index contributed by atoms with van der Waals surface area (Å²) in [5, 5.41) is 4.23. The zero-order chi connectivity index (χ0) is 18.8. The molecule has 6 heteroatoms. The maximum absolute atomic E-state index is 5.73. The minimum atomic E-state index is -0.00480. The molecule has 3 aromatic heterocycles. The van der Waals surface area contributed by atoms with Crippen LogP contribution in [0.2, 0.25) is 0 Å². The van der Waals surface area contributed by atoms with Crippen LogP contribution in [0.15, 0.2) is 67.1 Å². The SMILES string of the molecule is CC(C)n1cccc1[C@H]1[C@@H](c2ccccn2)NC(=S)N1Cc1ccccn1. The Hall–Kier alpha value is -2.73. The van der Waals surface area contributed by atoms with Crippen LogP contribution in [0.5, 0.6) is 0 Å². The summed E-state index contributed by atoms with van der Waals surface area (Å²) in [4.78, 5) is 11.3. The van der Waals surface area contributed by atoms with Crippen molar-refractivity contribution in [1.82, 2.24) is 24.8 Å². The molecule has 1 N–H and O–H groups in total. The number of rotatable bonds is 5. The third kappa shape index (κ3) is 3.45. The molecule has 0 bridgehead atoms. The van der Waals surface area contributed by atoms with Gasteiger partial charge in [0.2, 0.25) is 0 Å². The first-order valence-electron chi connectivity index (χ1n) is 9.20. The standard InChI is InChI=1S/C21H23N5S/c1-15(2)25-13-7-10-18(25)20-19(17-9-4-6-12-23-17)24-21(27)26(20)14-16-8-3-5-11-22-16/h3-13,15,19-20H,14H2,1-2H3,(H,24,27)/t19-,20+/m1/s1. The molecule has 0 aliphatic carbocycles. The fourth-order valence-electron chi connectivity index (χ4n) is 3.69. The van der Waals surface area contributed by atoms with E-state index in [1.54, 1.807) is 0 Å². The molecule has 2 atom stereocenters. The molecule has 0 amide bonds. The molecule has 5 nitrogen and oxygen atoms in total. The van der Waals surface area contributed by atoms with Crippen molar-refractivity contribution in [1.29, 1.82) is 0 Å². The number of nitrogens with zero attached hydrogens (tertiary/aromatic N) is 4. The fraction of sp³-hybridized carbons (Fsp3) is 0.286. The van der Waals surface area contributed by atoms with E-state index >= 15 is 0 Å². The first kappa shape index (κ1) is 17.7. The minimum absolute atomic E-state index is 0.00480. The van der Waals surface area contributed by atoms with Crippen molar-refractivity contribution in [3.63, 3.8) is 0 Å². The van der Waals surface area contributed by atoms with Crippen LogP contribution in [0.1, 0.15) is 49.1 Å². The predicted octanol–water partition coefficient (Wildman–Crippen LogP) is 4.03. The quantitative estimate of drug-likeness (QED) is 0.680. The number of pyridine rings is 2. The van der Waals surface area contributed by atoms with E-state index in [1.165, 1.54) is 5.69 Å². The molecule has 138 valence electrons. The van der Waals surface area contributed by atoms with Gasteiger partial charge in [-0.1, -0.05) is 12.1 Å². The lowest BCUT2D eigenvalue weighted by Crippen LogP contribution is -2.30. The van der Waals surface area contributed by atoms with Gasteiger partial charge in [0, 0.05) is 30.3 Å². The molecule has 0 radical (unpaired) electrons. The van der Waals surface area contributed by atoms with Crippen LogP contribution >= 0.6 is 12.2 Å². The van der Waals surface area contributed by atoms with Crippen molar-refractivity contribution >= 4 is 17.3 Å². The third-order valence-corrected chi connectivity index (χ3v) is 5.28. The minimum Gasteiger partial charge on any atom is -0.352 e. The first-order chi connectivity index (χ1) is 13.1. The van der Waals surface area contributed by atoms with E-state index in [4.69, 9.17) is 12.2 Å². The van der Waals surface area contributed by atoms with Crippen LogP contribution in [-0.2, 0) is 6.54 Å². The van der Waals surface area contributed by atoms with E-state index in [-0.39, 0.29) is 12.1 Å². The first-order valence-corrected chi connectivity index (χ1v) is 9.60. The number of thiocarbonyl (C=S) groups is 1. The number of hydrogen-bond donors (Lipinski definition) is 1. The maximum Gasteiger partial charge on any atom is 0.170 e. The van der Waals surface area contributed by atoms with Crippen LogP contribution < -0.4 is 5.32 Å². The summed E-state index contributed by atoms with van der Waals surface area (Å²) in [7, 11) is 0. The fourth-order valence-corrected chi connectivity index (χ4v) is 4.00. The van der Waals surface area contributed by atoms with Gasteiger partial charge in [0.15, 0.2) is 5.11 Å². The van der Waals surface area contributed by atoms with Gasteiger partial charge in [-0.15, -0.1) is 0 Å². The molecular weight excluding hydrogens is 354 g/mol. The molecule has 1 fully saturated rings. The van der Waals surface area contributed by atoms with Gasteiger partial charge in [-0.05, 0) is 62.5 Å². The van der Waals surface area contributed by atoms with E-state index in [2.05, 4.69) is 63.0 Å². The lowest BCUT2D eigenvalue weighted by Gasteiger charge is -2.29. The molecule has 0 spiro atoms. The molecule has 4 heterocycles. The summed E-state index contributed by atoms with van der Waals surface area (Å²) >= 11 is 5.73. The van der Waals surface area contributed by atoms with Crippen molar-refractivity contribution in [3.8, 4) is 0 Å². The van der Waals surface area contributed by atoms with E-state index < -0.39 is 0 Å². The lowest BCUT2D eigenvalue weighted by molar-refractivity contribution is 0.291. The Morgan fingerprint density at radius 3 is 2.48 bits per heavy atom. The Bertz CT molecular complexity index is 907. The highest BCUT2D eigenvalue weighted by molar-refractivity contribution is 7.80. The number of aromatic nitrogens is 3. The second-order valence-electron chi connectivity index (χ2n) is 7.01. The summed E-state index contributed by atoms with van der Waals surface area (Å²) in [6.07, 6.45) is 5.79. The van der Waals surface area contributed by atoms with Crippen LogP contribution in [0.3, 0.4) is 0 Å². The molecule has 3 aromatic rings. The molecule has 1 aliphatic rings. The third-order valence-electron chi connectivity index (χ3n) is 4.93. The van der Waals surface area contributed by atoms with Crippen LogP contribution in [0.4, 0.5) is 0 Å². The molecule has 1 aliphatic heterocycles. The van der Waals surface area contributed by atoms with E-state index in [0.717, 1.165) is 16.5 Å². The average molecular weight is 378 g/mol. The van der Waals surface area contributed by atoms with Gasteiger partial charge in [0.25, 0.3) is 0 Å². The smallest absolute Gasteiger partial charge is 0.170 e. The van der Waals surface area contributed by atoms with Crippen molar-refractivity contribution in [2.24, 2.45) is 0 Å². The van der Waals surface area contributed by atoms with Crippen molar-refractivity contribution in [2.75, 3.05) is 0 Å². The molecular formula is C21H23N5S. The lowest BCUT2D eigenvalue weighted by atomic mass is 10.0. The van der Waals surface area contributed by atoms with Crippen LogP contribution in [0.25, 0.3) is 0 Å². The predicted molar refractivity (Wildman–Crippen MR) is 110 cm³/mol. The van der Waals surface area contributed by atoms with E-state index in [0.29, 0.717) is 12.6 Å². The van der Waals surface area contributed by atoms with Gasteiger partial charge in [-0.25, -0.2) is 0 Å². The largest absolute Gasteiger partial charge is 0.352 e. The van der Waals surface area contributed by atoms with Crippen molar-refractivity contribution < 1.29 is 0 Å². The average Bonchev–Trinajstić information content (AvgIpc) is 3.28. The number of nitrogens with one attached hydrogen (secondary N) is 1. The van der Waals surface area contributed by atoms with E-state index in [1.807, 2.05) is 42.7 Å². The second-order valence-corrected chi connectivity index (χ2v) is 7.40. The van der Waals surface area contributed by atoms with Gasteiger partial charge >= 0.3 is 0 Å². The van der Waals surface area contributed by atoms with Gasteiger partial charge < -0.3 is 14.8 Å². The van der Waals surface area contributed by atoms with Gasteiger partial charge in [-0.3, -0.25) is 9.97 Å². The van der Waals surface area contributed by atoms with Gasteiger partial charge in [-0.2, -0.15) is 0 Å². The molecule has 27 heavy (non-hydrogen) atoms. The Balaban J connectivity index is 1.77. The van der Waals surface area contributed by atoms with Crippen molar-refractivity contribution in [3.05, 3.63) is 84.2 Å². The zero-order valence-corrected chi connectivity index (χ0v) is 16.3. The number of hydrogen-bond acceptors (Lipinski definition) is 3. The highest BCUT2D eigenvalue weighted by Gasteiger charge is 2.41. The zero-order valence-electron chi connectivity index (χ0n) is 15.5. The highest BCUT2D eigenvalue weighted by Crippen LogP contribution is 2.40. The Kier molecular flexibility index (Phi) is 4.90. The summed E-state index contributed by atoms with van der Waals surface area (Å²) in [6.45, 7) is 5.05. The molecule has 0 aromatic carbocycles. The molecule has 1 saturated heterocycles. The maximum atomic E-state index is 5.73. The second kappa shape index (κ2) is 7.48.